The molecule has 3 nitrogen and oxygen atoms in total. The maximum absolute atomic E-state index is 13.5. The minimum absolute atomic E-state index is 0.0512. The van der Waals surface area contributed by atoms with E-state index >= 15 is 0 Å². The highest BCUT2D eigenvalue weighted by Gasteiger charge is 2.16. The predicted molar refractivity (Wildman–Crippen MR) is 81.6 cm³/mol. The van der Waals surface area contributed by atoms with Crippen LogP contribution in [0.4, 0.5) is 4.39 Å². The normalized spacial score (nSPS) is 12.5. The lowest BCUT2D eigenvalue weighted by molar-refractivity contribution is 0.614. The fourth-order valence-corrected chi connectivity index (χ4v) is 2.60. The molecule has 0 radical (unpaired) electrons. The minimum atomic E-state index is -0.189. The Bertz CT molecular complexity index is 781. The van der Waals surface area contributed by atoms with E-state index < -0.39 is 0 Å². The fraction of sp³-hybridized carbons (Fsp3) is 0.176. The second-order valence-corrected chi connectivity index (χ2v) is 5.00. The molecule has 1 unspecified atom stereocenters. The van der Waals surface area contributed by atoms with E-state index in [4.69, 9.17) is 0 Å². The van der Waals surface area contributed by atoms with Crippen LogP contribution in [-0.4, -0.2) is 17.0 Å². The van der Waals surface area contributed by atoms with E-state index in [9.17, 15) is 4.39 Å². The number of aryl methyl sites for hydroxylation is 1. The lowest BCUT2D eigenvalue weighted by Crippen LogP contribution is -2.18. The Morgan fingerprint density at radius 3 is 2.67 bits per heavy atom. The lowest BCUT2D eigenvalue weighted by atomic mass is 9.96. The van der Waals surface area contributed by atoms with E-state index in [2.05, 4.69) is 15.3 Å². The third-order valence-corrected chi connectivity index (χ3v) is 3.64. The molecular weight excluding hydrogens is 265 g/mol. The Morgan fingerprint density at radius 1 is 1.10 bits per heavy atom. The molecule has 0 bridgehead atoms. The van der Waals surface area contributed by atoms with Crippen LogP contribution in [0.25, 0.3) is 11.0 Å². The van der Waals surface area contributed by atoms with Crippen LogP contribution in [0.3, 0.4) is 0 Å². The molecule has 1 heterocycles. The van der Waals surface area contributed by atoms with Gasteiger partial charge in [-0.25, -0.2) is 4.39 Å². The van der Waals surface area contributed by atoms with E-state index in [0.29, 0.717) is 5.56 Å². The zero-order valence-electron chi connectivity index (χ0n) is 12.0. The molecule has 0 aliphatic heterocycles. The first-order valence-electron chi connectivity index (χ1n) is 6.83. The molecule has 0 fully saturated rings. The summed E-state index contributed by atoms with van der Waals surface area (Å²) in [5.74, 6) is -0.189. The van der Waals surface area contributed by atoms with Gasteiger partial charge in [0.1, 0.15) is 5.82 Å². The van der Waals surface area contributed by atoms with Gasteiger partial charge in [0.15, 0.2) is 0 Å². The summed E-state index contributed by atoms with van der Waals surface area (Å²) in [6.07, 6.45) is 3.37. The van der Waals surface area contributed by atoms with Gasteiger partial charge in [0.25, 0.3) is 0 Å². The number of nitrogens with one attached hydrogen (secondary N) is 1. The average Bonchev–Trinajstić information content (AvgIpc) is 2.52. The van der Waals surface area contributed by atoms with Crippen molar-refractivity contribution < 1.29 is 4.39 Å². The first kappa shape index (κ1) is 13.6. The number of fused-ring (bicyclic) bond motifs is 1. The average molecular weight is 281 g/mol. The lowest BCUT2D eigenvalue weighted by Gasteiger charge is -2.19. The summed E-state index contributed by atoms with van der Waals surface area (Å²) in [6.45, 7) is 1.77. The topological polar surface area (TPSA) is 37.8 Å². The molecule has 1 N–H and O–H groups in total. The van der Waals surface area contributed by atoms with Gasteiger partial charge in [-0.05, 0) is 37.2 Å². The van der Waals surface area contributed by atoms with Crippen LogP contribution in [-0.2, 0) is 0 Å². The standard InChI is InChI=1S/C17H16FN3/c1-11-10-12(6-7-14(11)18)16(19-2)13-4-3-5-15-17(13)21-9-8-20-15/h3-10,16,19H,1-2H3. The fourth-order valence-electron chi connectivity index (χ4n) is 2.60. The predicted octanol–water partition coefficient (Wildman–Crippen LogP) is 3.39. The summed E-state index contributed by atoms with van der Waals surface area (Å²) in [4.78, 5) is 8.77. The summed E-state index contributed by atoms with van der Waals surface area (Å²) in [5.41, 5.74) is 4.40. The Hall–Kier alpha value is -2.33. The number of aromatic nitrogens is 2. The Labute approximate surface area is 122 Å². The van der Waals surface area contributed by atoms with Gasteiger partial charge in [-0.3, -0.25) is 9.97 Å². The van der Waals surface area contributed by atoms with Gasteiger partial charge in [-0.15, -0.1) is 0 Å². The van der Waals surface area contributed by atoms with Crippen molar-refractivity contribution >= 4 is 11.0 Å². The van der Waals surface area contributed by atoms with E-state index in [1.54, 1.807) is 25.4 Å². The second kappa shape index (κ2) is 5.58. The zero-order valence-corrected chi connectivity index (χ0v) is 12.0. The second-order valence-electron chi connectivity index (χ2n) is 5.00. The van der Waals surface area contributed by atoms with Crippen LogP contribution in [0.15, 0.2) is 48.8 Å². The first-order chi connectivity index (χ1) is 10.2. The summed E-state index contributed by atoms with van der Waals surface area (Å²) in [7, 11) is 1.89. The van der Waals surface area contributed by atoms with Gasteiger partial charge in [0.05, 0.1) is 17.1 Å². The molecule has 3 rings (SSSR count). The third kappa shape index (κ3) is 2.50. The van der Waals surface area contributed by atoms with Crippen LogP contribution in [0, 0.1) is 12.7 Å². The van der Waals surface area contributed by atoms with Gasteiger partial charge >= 0.3 is 0 Å². The molecule has 0 amide bonds. The molecule has 0 saturated heterocycles. The van der Waals surface area contributed by atoms with Crippen molar-refractivity contribution in [2.75, 3.05) is 7.05 Å². The minimum Gasteiger partial charge on any atom is -0.309 e. The molecule has 4 heteroatoms. The van der Waals surface area contributed by atoms with Gasteiger partial charge in [-0.2, -0.15) is 0 Å². The largest absolute Gasteiger partial charge is 0.309 e. The van der Waals surface area contributed by atoms with Crippen molar-refractivity contribution in [2.45, 2.75) is 13.0 Å². The van der Waals surface area contributed by atoms with Crippen LogP contribution in [0.1, 0.15) is 22.7 Å². The van der Waals surface area contributed by atoms with Gasteiger partial charge in [0.2, 0.25) is 0 Å². The maximum atomic E-state index is 13.5. The number of halogens is 1. The number of hydrogen-bond acceptors (Lipinski definition) is 3. The van der Waals surface area contributed by atoms with E-state index in [0.717, 1.165) is 22.2 Å². The number of rotatable bonds is 3. The van der Waals surface area contributed by atoms with Gasteiger partial charge < -0.3 is 5.32 Å². The van der Waals surface area contributed by atoms with Crippen LogP contribution in [0.5, 0.6) is 0 Å². The maximum Gasteiger partial charge on any atom is 0.126 e. The molecule has 3 aromatic rings. The van der Waals surface area contributed by atoms with Crippen molar-refractivity contribution in [3.8, 4) is 0 Å². The summed E-state index contributed by atoms with van der Waals surface area (Å²) < 4.78 is 13.5. The molecule has 0 aliphatic carbocycles. The molecule has 106 valence electrons. The number of para-hydroxylation sites is 1. The van der Waals surface area contributed by atoms with Crippen LogP contribution < -0.4 is 5.32 Å². The van der Waals surface area contributed by atoms with Gasteiger partial charge in [-0.1, -0.05) is 24.3 Å². The van der Waals surface area contributed by atoms with E-state index in [1.807, 2.05) is 31.3 Å². The Balaban J connectivity index is 2.16. The van der Waals surface area contributed by atoms with Crippen LogP contribution in [0.2, 0.25) is 0 Å². The quantitative estimate of drug-likeness (QED) is 0.799. The molecular formula is C17H16FN3. The monoisotopic (exact) mass is 281 g/mol. The van der Waals surface area contributed by atoms with E-state index in [-0.39, 0.29) is 11.9 Å². The molecule has 1 atom stereocenters. The van der Waals surface area contributed by atoms with Crippen molar-refractivity contribution in [2.24, 2.45) is 0 Å². The SMILES string of the molecule is CNC(c1ccc(F)c(C)c1)c1cccc2nccnc12. The molecule has 0 saturated carbocycles. The van der Waals surface area contributed by atoms with Crippen molar-refractivity contribution in [3.05, 3.63) is 71.3 Å². The Morgan fingerprint density at radius 2 is 1.90 bits per heavy atom. The molecule has 2 aromatic carbocycles. The number of benzene rings is 2. The molecule has 0 spiro atoms. The number of nitrogens with zero attached hydrogens (tertiary/aromatic N) is 2. The molecule has 0 aliphatic rings. The molecule has 21 heavy (non-hydrogen) atoms. The van der Waals surface area contributed by atoms with Crippen molar-refractivity contribution in [1.29, 1.82) is 0 Å². The summed E-state index contributed by atoms with van der Waals surface area (Å²) in [5, 5.41) is 3.28. The van der Waals surface area contributed by atoms with E-state index in [1.165, 1.54) is 6.07 Å². The van der Waals surface area contributed by atoms with Crippen LogP contribution >= 0.6 is 0 Å². The van der Waals surface area contributed by atoms with Crippen molar-refractivity contribution in [3.63, 3.8) is 0 Å². The Kier molecular flexibility index (Phi) is 3.62. The first-order valence-corrected chi connectivity index (χ1v) is 6.83. The summed E-state index contributed by atoms with van der Waals surface area (Å²) in [6, 6.07) is 11.1. The highest BCUT2D eigenvalue weighted by molar-refractivity contribution is 5.78. The highest BCUT2D eigenvalue weighted by atomic mass is 19.1. The third-order valence-electron chi connectivity index (χ3n) is 3.64. The smallest absolute Gasteiger partial charge is 0.126 e. The summed E-state index contributed by atoms with van der Waals surface area (Å²) >= 11 is 0. The zero-order chi connectivity index (χ0) is 14.8. The van der Waals surface area contributed by atoms with Gasteiger partial charge in [0, 0.05) is 18.0 Å². The number of hydrogen-bond donors (Lipinski definition) is 1. The van der Waals surface area contributed by atoms with Crippen molar-refractivity contribution in [1.82, 2.24) is 15.3 Å². The highest BCUT2D eigenvalue weighted by Crippen LogP contribution is 2.27. The molecule has 1 aromatic heterocycles.